The van der Waals surface area contributed by atoms with Crippen LogP contribution in [-0.4, -0.2) is 32.1 Å². The van der Waals surface area contributed by atoms with E-state index in [1.54, 1.807) is 0 Å². The lowest BCUT2D eigenvalue weighted by Gasteiger charge is -2.34. The van der Waals surface area contributed by atoms with Crippen molar-refractivity contribution in [2.45, 2.75) is 46.0 Å². The molecule has 1 aliphatic rings. The lowest BCUT2D eigenvalue weighted by molar-refractivity contribution is -0.123. The Balaban J connectivity index is 1.83. The maximum atomic E-state index is 12.1. The summed E-state index contributed by atoms with van der Waals surface area (Å²) in [5.74, 6) is 1.22. The number of hydrogen-bond donors (Lipinski definition) is 2. The Labute approximate surface area is 140 Å². The van der Waals surface area contributed by atoms with Gasteiger partial charge in [0.05, 0.1) is 0 Å². The number of rotatable bonds is 7. The number of benzene rings is 1. The standard InChI is InChI=1S/C19H30N2O2/c1-4-15(2)16-7-5-6-8-17(16)23-13-18(22)21-14-19(3)9-11-20-12-10-19/h5-8,15,20H,4,9-14H2,1-3H3,(H,21,22). The Bertz CT molecular complexity index is 510. The summed E-state index contributed by atoms with van der Waals surface area (Å²) in [6.45, 7) is 9.46. The van der Waals surface area contributed by atoms with Crippen LogP contribution in [-0.2, 0) is 4.79 Å². The summed E-state index contributed by atoms with van der Waals surface area (Å²) in [4.78, 5) is 12.1. The van der Waals surface area contributed by atoms with Crippen molar-refractivity contribution in [2.24, 2.45) is 5.41 Å². The Kier molecular flexibility index (Phi) is 6.46. The minimum Gasteiger partial charge on any atom is -0.483 e. The van der Waals surface area contributed by atoms with E-state index < -0.39 is 0 Å². The third-order valence-electron chi connectivity index (χ3n) is 4.94. The molecule has 4 heteroatoms. The molecule has 1 heterocycles. The van der Waals surface area contributed by atoms with Gasteiger partial charge >= 0.3 is 0 Å². The summed E-state index contributed by atoms with van der Waals surface area (Å²) in [6.07, 6.45) is 3.26. The minimum absolute atomic E-state index is 0.0382. The van der Waals surface area contributed by atoms with Gasteiger partial charge in [-0.15, -0.1) is 0 Å². The first-order chi connectivity index (χ1) is 11.0. The number of carbonyl (C=O) groups excluding carboxylic acids is 1. The minimum atomic E-state index is -0.0382. The summed E-state index contributed by atoms with van der Waals surface area (Å²) in [7, 11) is 0. The van der Waals surface area contributed by atoms with Gasteiger partial charge in [0.15, 0.2) is 6.61 Å². The summed E-state index contributed by atoms with van der Waals surface area (Å²) in [5, 5.41) is 6.39. The van der Waals surface area contributed by atoms with Gasteiger partial charge in [0.2, 0.25) is 0 Å². The van der Waals surface area contributed by atoms with Crippen molar-refractivity contribution in [3.63, 3.8) is 0 Å². The van der Waals surface area contributed by atoms with Gasteiger partial charge in [0, 0.05) is 6.54 Å². The zero-order valence-electron chi connectivity index (χ0n) is 14.7. The first-order valence-electron chi connectivity index (χ1n) is 8.73. The van der Waals surface area contributed by atoms with Gasteiger partial charge in [-0.05, 0) is 55.3 Å². The first kappa shape index (κ1) is 17.8. The van der Waals surface area contributed by atoms with E-state index in [-0.39, 0.29) is 17.9 Å². The molecule has 0 radical (unpaired) electrons. The highest BCUT2D eigenvalue weighted by Crippen LogP contribution is 2.28. The largest absolute Gasteiger partial charge is 0.483 e. The number of ether oxygens (including phenoxy) is 1. The van der Waals surface area contributed by atoms with E-state index in [1.165, 1.54) is 5.56 Å². The molecule has 1 aromatic carbocycles. The summed E-state index contributed by atoms with van der Waals surface area (Å²) >= 11 is 0. The smallest absolute Gasteiger partial charge is 0.257 e. The molecule has 0 spiro atoms. The van der Waals surface area contributed by atoms with Crippen molar-refractivity contribution in [3.8, 4) is 5.75 Å². The third kappa shape index (κ3) is 5.24. The molecule has 4 nitrogen and oxygen atoms in total. The maximum Gasteiger partial charge on any atom is 0.257 e. The lowest BCUT2D eigenvalue weighted by atomic mass is 9.81. The normalized spacial score (nSPS) is 18.2. The van der Waals surface area contributed by atoms with E-state index in [9.17, 15) is 4.79 Å². The Morgan fingerprint density at radius 1 is 1.35 bits per heavy atom. The fourth-order valence-electron chi connectivity index (χ4n) is 2.95. The van der Waals surface area contributed by atoms with Crippen LogP contribution < -0.4 is 15.4 Å². The van der Waals surface area contributed by atoms with E-state index in [1.807, 2.05) is 18.2 Å². The molecule has 2 rings (SSSR count). The predicted molar refractivity (Wildman–Crippen MR) is 93.9 cm³/mol. The molecule has 23 heavy (non-hydrogen) atoms. The molecule has 1 aliphatic heterocycles. The molecule has 128 valence electrons. The van der Waals surface area contributed by atoms with Crippen molar-refractivity contribution >= 4 is 5.91 Å². The van der Waals surface area contributed by atoms with Crippen LogP contribution in [0.2, 0.25) is 0 Å². The molecule has 0 aromatic heterocycles. The maximum absolute atomic E-state index is 12.1. The van der Waals surface area contributed by atoms with Crippen LogP contribution in [0.4, 0.5) is 0 Å². The van der Waals surface area contributed by atoms with Crippen LogP contribution in [0.3, 0.4) is 0 Å². The molecular weight excluding hydrogens is 288 g/mol. The monoisotopic (exact) mass is 318 g/mol. The molecular formula is C19H30N2O2. The molecule has 1 amide bonds. The van der Waals surface area contributed by atoms with Crippen LogP contribution >= 0.6 is 0 Å². The lowest BCUT2D eigenvalue weighted by Crippen LogP contribution is -2.43. The average molecular weight is 318 g/mol. The summed E-state index contributed by atoms with van der Waals surface area (Å²) in [5.41, 5.74) is 1.38. The number of carbonyl (C=O) groups is 1. The number of hydrogen-bond acceptors (Lipinski definition) is 3. The molecule has 1 aromatic rings. The van der Waals surface area contributed by atoms with Gasteiger partial charge in [0.25, 0.3) is 5.91 Å². The van der Waals surface area contributed by atoms with Gasteiger partial charge in [-0.3, -0.25) is 4.79 Å². The molecule has 1 unspecified atom stereocenters. The fourth-order valence-corrected chi connectivity index (χ4v) is 2.95. The highest BCUT2D eigenvalue weighted by atomic mass is 16.5. The SMILES string of the molecule is CCC(C)c1ccccc1OCC(=O)NCC1(C)CCNCC1. The molecule has 0 bridgehead atoms. The number of piperidine rings is 1. The zero-order chi connectivity index (χ0) is 16.7. The van der Waals surface area contributed by atoms with E-state index in [4.69, 9.17) is 4.74 Å². The van der Waals surface area contributed by atoms with Gasteiger partial charge in [-0.2, -0.15) is 0 Å². The van der Waals surface area contributed by atoms with Gasteiger partial charge in [0.1, 0.15) is 5.75 Å². The number of nitrogens with one attached hydrogen (secondary N) is 2. The fraction of sp³-hybridized carbons (Fsp3) is 0.632. The Morgan fingerprint density at radius 2 is 2.04 bits per heavy atom. The predicted octanol–water partition coefficient (Wildman–Crippen LogP) is 3.08. The van der Waals surface area contributed by atoms with E-state index in [0.29, 0.717) is 5.92 Å². The van der Waals surface area contributed by atoms with Crippen LogP contribution in [0, 0.1) is 5.41 Å². The Morgan fingerprint density at radius 3 is 2.74 bits per heavy atom. The highest BCUT2D eigenvalue weighted by molar-refractivity contribution is 5.77. The molecule has 1 atom stereocenters. The topological polar surface area (TPSA) is 50.4 Å². The molecule has 1 fully saturated rings. The Hall–Kier alpha value is -1.55. The average Bonchev–Trinajstić information content (AvgIpc) is 2.58. The number of amides is 1. The summed E-state index contributed by atoms with van der Waals surface area (Å²) < 4.78 is 5.77. The quantitative estimate of drug-likeness (QED) is 0.812. The second kappa shape index (κ2) is 8.34. The first-order valence-corrected chi connectivity index (χ1v) is 8.73. The van der Waals surface area contributed by atoms with Crippen molar-refractivity contribution in [3.05, 3.63) is 29.8 Å². The van der Waals surface area contributed by atoms with E-state index in [0.717, 1.165) is 44.6 Å². The van der Waals surface area contributed by atoms with Crippen LogP contribution in [0.15, 0.2) is 24.3 Å². The summed E-state index contributed by atoms with van der Waals surface area (Å²) in [6, 6.07) is 8.00. The molecule has 1 saturated heterocycles. The van der Waals surface area contributed by atoms with E-state index in [2.05, 4.69) is 37.5 Å². The second-order valence-electron chi connectivity index (χ2n) is 6.97. The van der Waals surface area contributed by atoms with Crippen molar-refractivity contribution in [1.29, 1.82) is 0 Å². The second-order valence-corrected chi connectivity index (χ2v) is 6.97. The van der Waals surface area contributed by atoms with Crippen molar-refractivity contribution in [1.82, 2.24) is 10.6 Å². The van der Waals surface area contributed by atoms with Crippen molar-refractivity contribution < 1.29 is 9.53 Å². The van der Waals surface area contributed by atoms with Crippen LogP contribution in [0.1, 0.15) is 51.5 Å². The number of para-hydroxylation sites is 1. The van der Waals surface area contributed by atoms with E-state index >= 15 is 0 Å². The molecule has 2 N–H and O–H groups in total. The molecule has 0 aliphatic carbocycles. The molecule has 0 saturated carbocycles. The van der Waals surface area contributed by atoms with Crippen LogP contribution in [0.25, 0.3) is 0 Å². The zero-order valence-corrected chi connectivity index (χ0v) is 14.7. The van der Waals surface area contributed by atoms with Gasteiger partial charge < -0.3 is 15.4 Å². The van der Waals surface area contributed by atoms with Crippen molar-refractivity contribution in [2.75, 3.05) is 26.2 Å². The highest BCUT2D eigenvalue weighted by Gasteiger charge is 2.27. The van der Waals surface area contributed by atoms with Gasteiger partial charge in [-0.25, -0.2) is 0 Å². The van der Waals surface area contributed by atoms with Gasteiger partial charge in [-0.1, -0.05) is 39.0 Å². The third-order valence-corrected chi connectivity index (χ3v) is 4.94. The van der Waals surface area contributed by atoms with Crippen LogP contribution in [0.5, 0.6) is 5.75 Å².